The fourth-order valence-corrected chi connectivity index (χ4v) is 2.36. The summed E-state index contributed by atoms with van der Waals surface area (Å²) in [6.07, 6.45) is 8.16. The van der Waals surface area contributed by atoms with Crippen LogP contribution in [0.5, 0.6) is 11.5 Å². The molecule has 0 aromatic heterocycles. The monoisotopic (exact) mass is 320 g/mol. The van der Waals surface area contributed by atoms with Gasteiger partial charge in [-0.2, -0.15) is 0 Å². The molecule has 0 amide bonds. The second kappa shape index (κ2) is 9.20. The summed E-state index contributed by atoms with van der Waals surface area (Å²) in [6, 6.07) is 4.94. The number of carbonyl (C=O) groups is 1. The zero-order valence-corrected chi connectivity index (χ0v) is 13.5. The molecule has 1 heterocycles. The van der Waals surface area contributed by atoms with Gasteiger partial charge in [-0.15, -0.1) is 0 Å². The third kappa shape index (κ3) is 5.60. The standard InChI is InChI=1S/C18H24O5/c1-21-14-10-11-15-16(13-14)22-12-8-6-4-2-3-5-7-9-17(19)23-18(15)20/h2-3,10-11,13,17,19H,4-9,12H2,1H3/b3-2+. The normalized spacial score (nSPS) is 21.8. The van der Waals surface area contributed by atoms with Crippen LogP contribution in [0.4, 0.5) is 0 Å². The number of ether oxygens (including phenoxy) is 3. The second-order valence-electron chi connectivity index (χ2n) is 5.47. The highest BCUT2D eigenvalue weighted by atomic mass is 16.6. The van der Waals surface area contributed by atoms with E-state index in [0.717, 1.165) is 32.1 Å². The van der Waals surface area contributed by atoms with Crippen LogP contribution >= 0.6 is 0 Å². The van der Waals surface area contributed by atoms with Crippen LogP contribution in [0.15, 0.2) is 30.4 Å². The molecule has 5 heteroatoms. The fraction of sp³-hybridized carbons (Fsp3) is 0.500. The van der Waals surface area contributed by atoms with Crippen molar-refractivity contribution in [2.75, 3.05) is 13.7 Å². The van der Waals surface area contributed by atoms with Crippen LogP contribution in [0.25, 0.3) is 0 Å². The number of aliphatic hydroxyl groups excluding tert-OH is 1. The van der Waals surface area contributed by atoms with Crippen molar-refractivity contribution in [1.29, 1.82) is 0 Å². The number of hydrogen-bond acceptors (Lipinski definition) is 5. The number of benzene rings is 1. The van der Waals surface area contributed by atoms with Crippen LogP contribution in [-0.2, 0) is 4.74 Å². The summed E-state index contributed by atoms with van der Waals surface area (Å²) in [7, 11) is 1.56. The predicted molar refractivity (Wildman–Crippen MR) is 86.8 cm³/mol. The molecule has 0 saturated carbocycles. The Bertz CT molecular complexity index is 538. The van der Waals surface area contributed by atoms with Crippen molar-refractivity contribution in [1.82, 2.24) is 0 Å². The van der Waals surface area contributed by atoms with Gasteiger partial charge in [-0.25, -0.2) is 4.79 Å². The van der Waals surface area contributed by atoms with Crippen molar-refractivity contribution in [2.45, 2.75) is 44.8 Å². The third-order valence-corrected chi connectivity index (χ3v) is 3.66. The lowest BCUT2D eigenvalue weighted by Crippen LogP contribution is -2.18. The van der Waals surface area contributed by atoms with Crippen LogP contribution in [0.1, 0.15) is 48.9 Å². The number of cyclic esters (lactones) is 1. The Morgan fingerprint density at radius 1 is 1.17 bits per heavy atom. The number of allylic oxidation sites excluding steroid dienone is 2. The lowest BCUT2D eigenvalue weighted by Gasteiger charge is -2.15. The molecule has 1 aromatic carbocycles. The van der Waals surface area contributed by atoms with E-state index < -0.39 is 12.3 Å². The van der Waals surface area contributed by atoms with Crippen LogP contribution in [0.3, 0.4) is 0 Å². The first kappa shape index (κ1) is 17.3. The molecule has 5 nitrogen and oxygen atoms in total. The van der Waals surface area contributed by atoms with Gasteiger partial charge in [0, 0.05) is 12.5 Å². The molecular formula is C18H24O5. The Labute approximate surface area is 136 Å². The Hall–Kier alpha value is -2.01. The number of fused-ring (bicyclic) bond motifs is 1. The van der Waals surface area contributed by atoms with Crippen molar-refractivity contribution in [3.63, 3.8) is 0 Å². The average molecular weight is 320 g/mol. The van der Waals surface area contributed by atoms with E-state index in [-0.39, 0.29) is 0 Å². The van der Waals surface area contributed by atoms with E-state index in [2.05, 4.69) is 12.2 Å². The minimum atomic E-state index is -1.10. The van der Waals surface area contributed by atoms with Crippen molar-refractivity contribution >= 4 is 5.97 Å². The topological polar surface area (TPSA) is 65.0 Å². The van der Waals surface area contributed by atoms with Crippen LogP contribution in [-0.4, -0.2) is 31.1 Å². The van der Waals surface area contributed by atoms with Gasteiger partial charge in [0.05, 0.1) is 13.7 Å². The maximum Gasteiger partial charge on any atom is 0.344 e. The summed E-state index contributed by atoms with van der Waals surface area (Å²) in [5, 5.41) is 9.84. The van der Waals surface area contributed by atoms with Crippen LogP contribution < -0.4 is 9.47 Å². The summed E-state index contributed by atoms with van der Waals surface area (Å²) in [6.45, 7) is 0.518. The van der Waals surface area contributed by atoms with E-state index in [9.17, 15) is 9.90 Å². The molecule has 0 fully saturated rings. The number of rotatable bonds is 1. The summed E-state index contributed by atoms with van der Waals surface area (Å²) in [5.41, 5.74) is 0.304. The lowest BCUT2D eigenvalue weighted by molar-refractivity contribution is -0.0691. The molecule has 0 bridgehead atoms. The average Bonchev–Trinajstić information content (AvgIpc) is 2.55. The molecule has 0 saturated heterocycles. The molecule has 0 spiro atoms. The minimum Gasteiger partial charge on any atom is -0.497 e. The quantitative estimate of drug-likeness (QED) is 0.634. The van der Waals surface area contributed by atoms with E-state index in [1.54, 1.807) is 25.3 Å². The Kier molecular flexibility index (Phi) is 6.94. The number of carbonyl (C=O) groups excluding carboxylic acids is 1. The molecule has 126 valence electrons. The molecule has 1 aliphatic heterocycles. The lowest BCUT2D eigenvalue weighted by atomic mass is 10.2. The Balaban J connectivity index is 2.15. The van der Waals surface area contributed by atoms with Gasteiger partial charge in [-0.05, 0) is 44.2 Å². The highest BCUT2D eigenvalue weighted by molar-refractivity contribution is 5.92. The van der Waals surface area contributed by atoms with Gasteiger partial charge >= 0.3 is 5.97 Å². The summed E-state index contributed by atoms with van der Waals surface area (Å²) in [5.74, 6) is 0.450. The van der Waals surface area contributed by atoms with Crippen molar-refractivity contribution in [3.05, 3.63) is 35.9 Å². The predicted octanol–water partition coefficient (Wildman–Crippen LogP) is 3.46. The van der Waals surface area contributed by atoms with Crippen LogP contribution in [0, 0.1) is 0 Å². The number of hydrogen-bond donors (Lipinski definition) is 1. The molecule has 23 heavy (non-hydrogen) atoms. The molecule has 1 unspecified atom stereocenters. The molecule has 1 atom stereocenters. The van der Waals surface area contributed by atoms with Gasteiger partial charge in [0.25, 0.3) is 0 Å². The van der Waals surface area contributed by atoms with E-state index in [1.165, 1.54) is 0 Å². The van der Waals surface area contributed by atoms with Crippen molar-refractivity contribution < 1.29 is 24.1 Å². The van der Waals surface area contributed by atoms with Gasteiger partial charge in [0.2, 0.25) is 6.29 Å². The Morgan fingerprint density at radius 3 is 2.74 bits per heavy atom. The first-order valence-corrected chi connectivity index (χ1v) is 8.05. The smallest absolute Gasteiger partial charge is 0.344 e. The molecule has 0 radical (unpaired) electrons. The Morgan fingerprint density at radius 2 is 1.96 bits per heavy atom. The van der Waals surface area contributed by atoms with E-state index >= 15 is 0 Å². The van der Waals surface area contributed by atoms with E-state index in [0.29, 0.717) is 30.1 Å². The summed E-state index contributed by atoms with van der Waals surface area (Å²) in [4.78, 5) is 12.2. The first-order valence-electron chi connectivity index (χ1n) is 8.05. The van der Waals surface area contributed by atoms with Gasteiger partial charge in [0.1, 0.15) is 17.1 Å². The third-order valence-electron chi connectivity index (χ3n) is 3.66. The summed E-state index contributed by atoms with van der Waals surface area (Å²) >= 11 is 0. The van der Waals surface area contributed by atoms with E-state index in [4.69, 9.17) is 14.2 Å². The second-order valence-corrected chi connectivity index (χ2v) is 5.47. The number of methoxy groups -OCH3 is 1. The summed E-state index contributed by atoms with van der Waals surface area (Å²) < 4.78 is 16.0. The number of aliphatic hydroxyl groups is 1. The maximum absolute atomic E-state index is 12.2. The van der Waals surface area contributed by atoms with Gasteiger partial charge in [-0.3, -0.25) is 0 Å². The number of esters is 1. The minimum absolute atomic E-state index is 0.304. The van der Waals surface area contributed by atoms with Crippen molar-refractivity contribution in [3.8, 4) is 11.5 Å². The van der Waals surface area contributed by atoms with Crippen molar-refractivity contribution in [2.24, 2.45) is 0 Å². The first-order chi connectivity index (χ1) is 11.2. The molecule has 1 N–H and O–H groups in total. The highest BCUT2D eigenvalue weighted by Gasteiger charge is 2.18. The molecular weight excluding hydrogens is 296 g/mol. The SMILES string of the molecule is COc1ccc2c(c1)OCCCC/C=C/CCCC(O)OC2=O. The molecule has 2 rings (SSSR count). The van der Waals surface area contributed by atoms with Gasteiger partial charge in [-0.1, -0.05) is 12.2 Å². The largest absolute Gasteiger partial charge is 0.497 e. The molecule has 0 aliphatic carbocycles. The van der Waals surface area contributed by atoms with Gasteiger partial charge < -0.3 is 19.3 Å². The van der Waals surface area contributed by atoms with Crippen LogP contribution in [0.2, 0.25) is 0 Å². The zero-order chi connectivity index (χ0) is 16.5. The molecule has 1 aromatic rings. The molecule has 1 aliphatic rings. The fourth-order valence-electron chi connectivity index (χ4n) is 2.36. The zero-order valence-electron chi connectivity index (χ0n) is 13.5. The highest BCUT2D eigenvalue weighted by Crippen LogP contribution is 2.26. The van der Waals surface area contributed by atoms with Gasteiger partial charge in [0.15, 0.2) is 0 Å². The maximum atomic E-state index is 12.2. The van der Waals surface area contributed by atoms with E-state index in [1.807, 2.05) is 0 Å².